The third-order valence-electron chi connectivity index (χ3n) is 4.74. The first kappa shape index (κ1) is 20.0. The molecule has 0 aliphatic rings. The minimum Gasteiger partial charge on any atom is -0.493 e. The Morgan fingerprint density at radius 1 is 0.968 bits per heavy atom. The summed E-state index contributed by atoms with van der Waals surface area (Å²) in [6.45, 7) is 0. The van der Waals surface area contributed by atoms with Gasteiger partial charge >= 0.3 is 0 Å². The first-order valence-corrected chi connectivity index (χ1v) is 9.19. The monoisotopic (exact) mass is 420 g/mol. The van der Waals surface area contributed by atoms with Crippen LogP contribution in [-0.4, -0.2) is 34.1 Å². The van der Waals surface area contributed by atoms with Crippen molar-refractivity contribution in [1.29, 1.82) is 0 Å². The van der Waals surface area contributed by atoms with Crippen LogP contribution in [0.15, 0.2) is 60.9 Å². The maximum atomic E-state index is 13.5. The number of halogens is 1. The number of hydrogen-bond donors (Lipinski definition) is 1. The van der Waals surface area contributed by atoms with Gasteiger partial charge in [-0.15, -0.1) is 0 Å². The van der Waals surface area contributed by atoms with Gasteiger partial charge in [0.15, 0.2) is 11.5 Å². The van der Waals surface area contributed by atoms with Gasteiger partial charge in [-0.3, -0.25) is 15.1 Å². The van der Waals surface area contributed by atoms with Crippen molar-refractivity contribution in [3.63, 3.8) is 0 Å². The van der Waals surface area contributed by atoms with Crippen LogP contribution in [-0.2, 0) is 0 Å². The van der Waals surface area contributed by atoms with E-state index in [0.717, 1.165) is 5.56 Å². The van der Waals surface area contributed by atoms with Crippen molar-refractivity contribution in [2.24, 2.45) is 0 Å². The number of nitrogens with zero attached hydrogens (tertiary/aromatic N) is 3. The highest BCUT2D eigenvalue weighted by Gasteiger charge is 2.25. The van der Waals surface area contributed by atoms with E-state index in [2.05, 4.69) is 15.0 Å². The molecule has 4 rings (SSSR count). The standard InChI is InChI=1S/C22H17FN4O4/c1-30-18-11-16(17(27(28)29)12-19(18)31-2)22-25-20(13-3-5-15(23)6-4-13)21(26-22)14-7-9-24-10-8-14/h3-12H,1-2H3,(H,25,26). The Bertz CT molecular complexity index is 1240. The summed E-state index contributed by atoms with van der Waals surface area (Å²) in [5, 5.41) is 11.7. The van der Waals surface area contributed by atoms with Crippen LogP contribution in [0.25, 0.3) is 33.9 Å². The van der Waals surface area contributed by atoms with Crippen molar-refractivity contribution in [3.05, 3.63) is 76.9 Å². The Labute approximate surface area is 176 Å². The fourth-order valence-electron chi connectivity index (χ4n) is 3.25. The normalized spacial score (nSPS) is 10.7. The zero-order valence-electron chi connectivity index (χ0n) is 16.6. The van der Waals surface area contributed by atoms with Gasteiger partial charge in [-0.2, -0.15) is 0 Å². The molecule has 31 heavy (non-hydrogen) atoms. The lowest BCUT2D eigenvalue weighted by Gasteiger charge is -2.09. The summed E-state index contributed by atoms with van der Waals surface area (Å²) in [7, 11) is 2.85. The molecule has 0 radical (unpaired) electrons. The van der Waals surface area contributed by atoms with Crippen LogP contribution in [0, 0.1) is 15.9 Å². The average molecular weight is 420 g/mol. The molecule has 156 valence electrons. The first-order valence-electron chi connectivity index (χ1n) is 9.19. The van der Waals surface area contributed by atoms with Crippen LogP contribution in [0.1, 0.15) is 0 Å². The number of ether oxygens (including phenoxy) is 2. The van der Waals surface area contributed by atoms with Crippen molar-refractivity contribution in [3.8, 4) is 45.4 Å². The summed E-state index contributed by atoms with van der Waals surface area (Å²) in [6, 6.07) is 12.2. The van der Waals surface area contributed by atoms with E-state index in [0.29, 0.717) is 22.7 Å². The van der Waals surface area contributed by atoms with Gasteiger partial charge in [0, 0.05) is 29.6 Å². The van der Waals surface area contributed by atoms with Crippen molar-refractivity contribution in [2.75, 3.05) is 14.2 Å². The van der Waals surface area contributed by atoms with Gasteiger partial charge in [-0.1, -0.05) is 0 Å². The maximum absolute atomic E-state index is 13.5. The van der Waals surface area contributed by atoms with E-state index < -0.39 is 4.92 Å². The van der Waals surface area contributed by atoms with Crippen molar-refractivity contribution < 1.29 is 18.8 Å². The predicted molar refractivity (Wildman–Crippen MR) is 112 cm³/mol. The molecule has 0 atom stereocenters. The van der Waals surface area contributed by atoms with E-state index in [4.69, 9.17) is 9.47 Å². The number of aromatic nitrogens is 3. The molecule has 0 aliphatic heterocycles. The number of rotatable bonds is 6. The number of methoxy groups -OCH3 is 2. The SMILES string of the molecule is COc1cc(-c2nc(-c3ccc(F)cc3)c(-c3ccncc3)[nH]2)c([N+](=O)[O-])cc1OC. The second-order valence-corrected chi connectivity index (χ2v) is 6.53. The van der Waals surface area contributed by atoms with Gasteiger partial charge in [0.25, 0.3) is 5.69 Å². The number of nitrogens with one attached hydrogen (secondary N) is 1. The third-order valence-corrected chi connectivity index (χ3v) is 4.74. The number of pyridine rings is 1. The fourth-order valence-corrected chi connectivity index (χ4v) is 3.25. The summed E-state index contributed by atoms with van der Waals surface area (Å²) < 4.78 is 24.0. The lowest BCUT2D eigenvalue weighted by Crippen LogP contribution is -1.97. The first-order chi connectivity index (χ1) is 15.0. The summed E-state index contributed by atoms with van der Waals surface area (Å²) in [5.41, 5.74) is 2.60. The van der Waals surface area contributed by atoms with Gasteiger partial charge in [0.1, 0.15) is 11.6 Å². The van der Waals surface area contributed by atoms with Crippen molar-refractivity contribution >= 4 is 5.69 Å². The predicted octanol–water partition coefficient (Wildman–Crippen LogP) is 4.87. The molecular weight excluding hydrogens is 403 g/mol. The summed E-state index contributed by atoms with van der Waals surface area (Å²) in [6.07, 6.45) is 3.26. The Kier molecular flexibility index (Phi) is 5.31. The Morgan fingerprint density at radius 3 is 2.23 bits per heavy atom. The van der Waals surface area contributed by atoms with E-state index in [9.17, 15) is 14.5 Å². The molecule has 0 amide bonds. The molecule has 4 aromatic rings. The number of imidazole rings is 1. The zero-order valence-corrected chi connectivity index (χ0v) is 16.6. The van der Waals surface area contributed by atoms with E-state index in [1.165, 1.54) is 38.5 Å². The van der Waals surface area contributed by atoms with Crippen LogP contribution in [0.2, 0.25) is 0 Å². The van der Waals surface area contributed by atoms with E-state index in [1.54, 1.807) is 36.7 Å². The number of benzene rings is 2. The van der Waals surface area contributed by atoms with Crippen LogP contribution >= 0.6 is 0 Å². The lowest BCUT2D eigenvalue weighted by molar-refractivity contribution is -0.384. The zero-order chi connectivity index (χ0) is 22.0. The Hall–Kier alpha value is -4.27. The Morgan fingerprint density at radius 2 is 1.61 bits per heavy atom. The molecule has 1 N–H and O–H groups in total. The molecule has 8 nitrogen and oxygen atoms in total. The highest BCUT2D eigenvalue weighted by molar-refractivity contribution is 5.83. The van der Waals surface area contributed by atoms with Crippen LogP contribution in [0.3, 0.4) is 0 Å². The minimum atomic E-state index is -0.510. The van der Waals surface area contributed by atoms with E-state index in [-0.39, 0.29) is 28.6 Å². The molecule has 0 bridgehead atoms. The lowest BCUT2D eigenvalue weighted by atomic mass is 10.1. The molecular formula is C22H17FN4O4. The summed E-state index contributed by atoms with van der Waals surface area (Å²) in [4.78, 5) is 23.1. The largest absolute Gasteiger partial charge is 0.493 e. The smallest absolute Gasteiger partial charge is 0.284 e. The number of H-pyrrole nitrogens is 1. The molecule has 0 aliphatic carbocycles. The Balaban J connectivity index is 1.97. The fraction of sp³-hybridized carbons (Fsp3) is 0.0909. The molecule has 9 heteroatoms. The van der Waals surface area contributed by atoms with Crippen LogP contribution in [0.4, 0.5) is 10.1 Å². The third kappa shape index (κ3) is 3.80. The second kappa shape index (κ2) is 8.23. The average Bonchev–Trinajstić information content (AvgIpc) is 3.24. The van der Waals surface area contributed by atoms with Gasteiger partial charge in [-0.25, -0.2) is 9.37 Å². The molecule has 0 saturated heterocycles. The molecule has 2 heterocycles. The maximum Gasteiger partial charge on any atom is 0.284 e. The summed E-state index contributed by atoms with van der Waals surface area (Å²) >= 11 is 0. The minimum absolute atomic E-state index is 0.196. The van der Waals surface area contributed by atoms with E-state index in [1.807, 2.05) is 0 Å². The van der Waals surface area contributed by atoms with Crippen LogP contribution < -0.4 is 9.47 Å². The molecule has 2 aromatic heterocycles. The molecule has 0 unspecified atom stereocenters. The second-order valence-electron chi connectivity index (χ2n) is 6.53. The van der Waals surface area contributed by atoms with Gasteiger partial charge in [-0.05, 0) is 36.4 Å². The van der Waals surface area contributed by atoms with Crippen LogP contribution in [0.5, 0.6) is 11.5 Å². The molecule has 2 aromatic carbocycles. The number of hydrogen-bond acceptors (Lipinski definition) is 6. The molecule has 0 spiro atoms. The highest BCUT2D eigenvalue weighted by atomic mass is 19.1. The van der Waals surface area contributed by atoms with Crippen molar-refractivity contribution in [2.45, 2.75) is 0 Å². The number of nitro groups is 1. The molecule has 0 saturated carbocycles. The molecule has 0 fully saturated rings. The van der Waals surface area contributed by atoms with Crippen molar-refractivity contribution in [1.82, 2.24) is 15.0 Å². The van der Waals surface area contributed by atoms with Gasteiger partial charge in [0.2, 0.25) is 0 Å². The van der Waals surface area contributed by atoms with Gasteiger partial charge < -0.3 is 14.5 Å². The number of nitro benzene ring substituents is 1. The topological polar surface area (TPSA) is 103 Å². The van der Waals surface area contributed by atoms with E-state index >= 15 is 0 Å². The highest BCUT2D eigenvalue weighted by Crippen LogP contribution is 2.41. The quantitative estimate of drug-likeness (QED) is 0.353. The summed E-state index contributed by atoms with van der Waals surface area (Å²) in [5.74, 6) is 0.449. The number of aromatic amines is 1. The van der Waals surface area contributed by atoms with Gasteiger partial charge in [0.05, 0.1) is 42.2 Å².